The van der Waals surface area contributed by atoms with E-state index in [2.05, 4.69) is 10.3 Å². The van der Waals surface area contributed by atoms with Gasteiger partial charge in [-0.15, -0.1) is 11.3 Å². The van der Waals surface area contributed by atoms with Crippen LogP contribution in [0.1, 0.15) is 29.1 Å². The lowest BCUT2D eigenvalue weighted by atomic mass is 10.1. The van der Waals surface area contributed by atoms with E-state index in [-0.39, 0.29) is 6.04 Å². The first-order chi connectivity index (χ1) is 9.02. The monoisotopic (exact) mass is 286 g/mol. The topological polar surface area (TPSA) is 24.9 Å². The van der Waals surface area contributed by atoms with E-state index in [1.165, 1.54) is 6.07 Å². The van der Waals surface area contributed by atoms with Gasteiger partial charge >= 0.3 is 6.18 Å². The second-order valence-corrected chi connectivity index (χ2v) is 4.95. The lowest BCUT2D eigenvalue weighted by Crippen LogP contribution is -2.22. The van der Waals surface area contributed by atoms with Crippen LogP contribution in [0.15, 0.2) is 35.8 Å². The normalized spacial score (nSPS) is 13.5. The number of rotatable bonds is 4. The Balaban J connectivity index is 2.28. The van der Waals surface area contributed by atoms with Crippen LogP contribution in [0.2, 0.25) is 0 Å². The molecule has 0 aliphatic carbocycles. The highest BCUT2D eigenvalue weighted by atomic mass is 32.1. The average molecular weight is 286 g/mol. The summed E-state index contributed by atoms with van der Waals surface area (Å²) in [6.07, 6.45) is -3.46. The molecule has 2 rings (SSSR count). The van der Waals surface area contributed by atoms with Gasteiger partial charge in [-0.1, -0.05) is 13.0 Å². The van der Waals surface area contributed by atoms with E-state index in [0.717, 1.165) is 17.1 Å². The molecule has 1 N–H and O–H groups in total. The Hall–Kier alpha value is -1.40. The van der Waals surface area contributed by atoms with Crippen LogP contribution in [0.25, 0.3) is 0 Å². The van der Waals surface area contributed by atoms with Gasteiger partial charge in [-0.2, -0.15) is 13.2 Å². The van der Waals surface area contributed by atoms with Gasteiger partial charge in [0.2, 0.25) is 0 Å². The number of halogens is 3. The summed E-state index contributed by atoms with van der Waals surface area (Å²) < 4.78 is 37.5. The third kappa shape index (κ3) is 3.33. The molecule has 0 saturated carbocycles. The first-order valence-electron chi connectivity index (χ1n) is 5.82. The van der Waals surface area contributed by atoms with Gasteiger partial charge in [0.05, 0.1) is 17.3 Å². The molecule has 0 fully saturated rings. The maximum atomic E-state index is 12.5. The fourth-order valence-electron chi connectivity index (χ4n) is 1.75. The molecule has 0 spiro atoms. The van der Waals surface area contributed by atoms with E-state index in [9.17, 15) is 13.2 Å². The number of aromatic nitrogens is 1. The number of hydrogen-bond donors (Lipinski definition) is 1. The SMILES string of the molecule is CCNC(c1ccc(C(F)(F)F)cn1)c1cccs1. The Labute approximate surface area is 113 Å². The Morgan fingerprint density at radius 2 is 2.11 bits per heavy atom. The minimum Gasteiger partial charge on any atom is -0.305 e. The lowest BCUT2D eigenvalue weighted by molar-refractivity contribution is -0.137. The van der Waals surface area contributed by atoms with E-state index in [1.54, 1.807) is 11.3 Å². The summed E-state index contributed by atoms with van der Waals surface area (Å²) in [4.78, 5) is 4.98. The van der Waals surface area contributed by atoms with Crippen molar-refractivity contribution in [2.45, 2.75) is 19.1 Å². The molecule has 0 aliphatic heterocycles. The van der Waals surface area contributed by atoms with Gasteiger partial charge < -0.3 is 5.32 Å². The van der Waals surface area contributed by atoms with E-state index in [1.807, 2.05) is 24.4 Å². The fourth-order valence-corrected chi connectivity index (χ4v) is 2.57. The highest BCUT2D eigenvalue weighted by molar-refractivity contribution is 7.10. The van der Waals surface area contributed by atoms with Gasteiger partial charge in [-0.25, -0.2) is 0 Å². The summed E-state index contributed by atoms with van der Waals surface area (Å²) in [5.74, 6) is 0. The zero-order valence-corrected chi connectivity index (χ0v) is 11.1. The molecular formula is C13H13F3N2S. The molecule has 2 heterocycles. The third-order valence-corrected chi connectivity index (χ3v) is 3.58. The lowest BCUT2D eigenvalue weighted by Gasteiger charge is -2.16. The number of hydrogen-bond acceptors (Lipinski definition) is 3. The quantitative estimate of drug-likeness (QED) is 0.923. The van der Waals surface area contributed by atoms with Crippen molar-refractivity contribution in [2.75, 3.05) is 6.54 Å². The summed E-state index contributed by atoms with van der Waals surface area (Å²) in [6, 6.07) is 6.19. The van der Waals surface area contributed by atoms with Crippen LogP contribution >= 0.6 is 11.3 Å². The maximum Gasteiger partial charge on any atom is 0.417 e. The van der Waals surface area contributed by atoms with Crippen LogP contribution in [0.5, 0.6) is 0 Å². The van der Waals surface area contributed by atoms with Crippen molar-refractivity contribution in [2.24, 2.45) is 0 Å². The van der Waals surface area contributed by atoms with Gasteiger partial charge in [0, 0.05) is 11.1 Å². The summed E-state index contributed by atoms with van der Waals surface area (Å²) >= 11 is 1.55. The van der Waals surface area contributed by atoms with Crippen LogP contribution in [0.3, 0.4) is 0 Å². The van der Waals surface area contributed by atoms with E-state index in [0.29, 0.717) is 12.2 Å². The average Bonchev–Trinajstić information content (AvgIpc) is 2.89. The van der Waals surface area contributed by atoms with Crippen molar-refractivity contribution in [1.29, 1.82) is 0 Å². The molecule has 0 saturated heterocycles. The standard InChI is InChI=1S/C13H13F3N2S/c1-2-17-12(11-4-3-7-19-11)10-6-5-9(8-18-10)13(14,15)16/h3-8,12,17H,2H2,1H3. The second-order valence-electron chi connectivity index (χ2n) is 3.98. The molecular weight excluding hydrogens is 273 g/mol. The molecule has 0 bridgehead atoms. The predicted octanol–water partition coefficient (Wildman–Crippen LogP) is 3.86. The first kappa shape index (κ1) is 14.0. The Kier molecular flexibility index (Phi) is 4.21. The fraction of sp³-hybridized carbons (Fsp3) is 0.308. The number of thiophene rings is 1. The van der Waals surface area contributed by atoms with Crippen LogP contribution < -0.4 is 5.32 Å². The molecule has 2 aromatic rings. The molecule has 0 aromatic carbocycles. The molecule has 19 heavy (non-hydrogen) atoms. The van der Waals surface area contributed by atoms with Crippen LogP contribution in [0.4, 0.5) is 13.2 Å². The first-order valence-corrected chi connectivity index (χ1v) is 6.70. The Morgan fingerprint density at radius 3 is 2.58 bits per heavy atom. The number of alkyl halides is 3. The second kappa shape index (κ2) is 5.71. The van der Waals surface area contributed by atoms with Gasteiger partial charge in [0.1, 0.15) is 0 Å². The smallest absolute Gasteiger partial charge is 0.305 e. The van der Waals surface area contributed by atoms with Crippen molar-refractivity contribution in [3.63, 3.8) is 0 Å². The van der Waals surface area contributed by atoms with Crippen LogP contribution in [0, 0.1) is 0 Å². The van der Waals surface area contributed by atoms with E-state index < -0.39 is 11.7 Å². The molecule has 102 valence electrons. The molecule has 2 nitrogen and oxygen atoms in total. The van der Waals surface area contributed by atoms with Crippen molar-refractivity contribution < 1.29 is 13.2 Å². The zero-order chi connectivity index (χ0) is 13.9. The molecule has 0 radical (unpaired) electrons. The van der Waals surface area contributed by atoms with Gasteiger partial charge in [-0.3, -0.25) is 4.98 Å². The molecule has 0 amide bonds. The minimum absolute atomic E-state index is 0.160. The van der Waals surface area contributed by atoms with Crippen molar-refractivity contribution in [3.8, 4) is 0 Å². The highest BCUT2D eigenvalue weighted by Crippen LogP contribution is 2.30. The van der Waals surface area contributed by atoms with E-state index >= 15 is 0 Å². The molecule has 2 aromatic heterocycles. The molecule has 0 aliphatic rings. The van der Waals surface area contributed by atoms with Crippen LogP contribution in [-0.2, 0) is 6.18 Å². The zero-order valence-electron chi connectivity index (χ0n) is 10.2. The van der Waals surface area contributed by atoms with Gasteiger partial charge in [0.25, 0.3) is 0 Å². The Bertz CT molecular complexity index is 506. The summed E-state index contributed by atoms with van der Waals surface area (Å²) in [7, 11) is 0. The molecule has 6 heteroatoms. The Morgan fingerprint density at radius 1 is 1.32 bits per heavy atom. The number of pyridine rings is 1. The van der Waals surface area contributed by atoms with Crippen LogP contribution in [-0.4, -0.2) is 11.5 Å². The van der Waals surface area contributed by atoms with Crippen molar-refractivity contribution in [1.82, 2.24) is 10.3 Å². The largest absolute Gasteiger partial charge is 0.417 e. The van der Waals surface area contributed by atoms with Crippen molar-refractivity contribution >= 4 is 11.3 Å². The third-order valence-electron chi connectivity index (χ3n) is 2.65. The van der Waals surface area contributed by atoms with Gasteiger partial charge in [0.15, 0.2) is 0 Å². The number of nitrogens with one attached hydrogen (secondary N) is 1. The maximum absolute atomic E-state index is 12.5. The van der Waals surface area contributed by atoms with E-state index in [4.69, 9.17) is 0 Å². The predicted molar refractivity (Wildman–Crippen MR) is 69.1 cm³/mol. The van der Waals surface area contributed by atoms with Gasteiger partial charge in [-0.05, 0) is 30.1 Å². The summed E-state index contributed by atoms with van der Waals surface area (Å²) in [6.45, 7) is 2.66. The molecule has 1 unspecified atom stereocenters. The minimum atomic E-state index is -4.35. The number of nitrogens with zero attached hydrogens (tertiary/aromatic N) is 1. The summed E-state index contributed by atoms with van der Waals surface area (Å²) in [5.41, 5.74) is -0.130. The summed E-state index contributed by atoms with van der Waals surface area (Å²) in [5, 5.41) is 5.16. The highest BCUT2D eigenvalue weighted by Gasteiger charge is 2.31. The molecule has 1 atom stereocenters. The van der Waals surface area contributed by atoms with Crippen molar-refractivity contribution in [3.05, 3.63) is 52.0 Å².